The molecule has 1 heterocycles. The van der Waals surface area contributed by atoms with E-state index in [9.17, 15) is 18.4 Å². The molecule has 0 saturated carbocycles. The van der Waals surface area contributed by atoms with Crippen molar-refractivity contribution in [3.63, 3.8) is 0 Å². The Balaban J connectivity index is 1.73. The smallest absolute Gasteiger partial charge is 0.251 e. The molecular weight excluding hydrogens is 410 g/mol. The first-order valence-corrected chi connectivity index (χ1v) is 9.44. The van der Waals surface area contributed by atoms with Gasteiger partial charge in [0.2, 0.25) is 0 Å². The SMILES string of the molecule is O=C(NCc1cn(-c2ccccc2)c2cc(Cl)ccc2c1=O)c1ccc(F)c(F)c1. The van der Waals surface area contributed by atoms with Gasteiger partial charge in [-0.1, -0.05) is 29.8 Å². The summed E-state index contributed by atoms with van der Waals surface area (Å²) in [6.45, 7) is -0.0813. The zero-order chi connectivity index (χ0) is 21.3. The minimum absolute atomic E-state index is 0.0372. The molecule has 0 atom stereocenters. The van der Waals surface area contributed by atoms with E-state index in [4.69, 9.17) is 11.6 Å². The van der Waals surface area contributed by atoms with Gasteiger partial charge in [-0.3, -0.25) is 9.59 Å². The molecule has 1 amide bonds. The number of carbonyl (C=O) groups is 1. The van der Waals surface area contributed by atoms with Crippen molar-refractivity contribution in [2.45, 2.75) is 6.54 Å². The fourth-order valence-corrected chi connectivity index (χ4v) is 3.36. The van der Waals surface area contributed by atoms with Crippen molar-refractivity contribution in [1.82, 2.24) is 9.88 Å². The minimum Gasteiger partial charge on any atom is -0.348 e. The Bertz CT molecular complexity index is 1320. The second-order valence-electron chi connectivity index (χ2n) is 6.66. The molecule has 30 heavy (non-hydrogen) atoms. The highest BCUT2D eigenvalue weighted by Gasteiger charge is 2.14. The van der Waals surface area contributed by atoms with Crippen molar-refractivity contribution < 1.29 is 13.6 Å². The molecule has 0 aliphatic heterocycles. The van der Waals surface area contributed by atoms with Crippen molar-refractivity contribution in [1.29, 1.82) is 0 Å². The van der Waals surface area contributed by atoms with Crippen LogP contribution in [-0.2, 0) is 6.54 Å². The van der Waals surface area contributed by atoms with E-state index in [0.29, 0.717) is 21.5 Å². The molecule has 4 rings (SSSR count). The second-order valence-corrected chi connectivity index (χ2v) is 7.10. The Labute approximate surface area is 175 Å². The summed E-state index contributed by atoms with van der Waals surface area (Å²) in [7, 11) is 0. The number of nitrogens with zero attached hydrogens (tertiary/aromatic N) is 1. The lowest BCUT2D eigenvalue weighted by molar-refractivity contribution is 0.0950. The Morgan fingerprint density at radius 3 is 2.47 bits per heavy atom. The van der Waals surface area contributed by atoms with Crippen molar-refractivity contribution in [3.05, 3.63) is 111 Å². The number of pyridine rings is 1. The van der Waals surface area contributed by atoms with Crippen LogP contribution in [-0.4, -0.2) is 10.5 Å². The molecule has 4 aromatic rings. The molecule has 0 aliphatic rings. The molecule has 7 heteroatoms. The van der Waals surface area contributed by atoms with E-state index >= 15 is 0 Å². The van der Waals surface area contributed by atoms with E-state index in [1.54, 1.807) is 24.4 Å². The first-order chi connectivity index (χ1) is 14.4. The first-order valence-electron chi connectivity index (χ1n) is 9.06. The van der Waals surface area contributed by atoms with E-state index in [1.165, 1.54) is 6.07 Å². The van der Waals surface area contributed by atoms with Crippen LogP contribution in [0.2, 0.25) is 5.02 Å². The van der Waals surface area contributed by atoms with Gasteiger partial charge in [-0.15, -0.1) is 0 Å². The van der Waals surface area contributed by atoms with Gasteiger partial charge >= 0.3 is 0 Å². The third kappa shape index (κ3) is 3.82. The van der Waals surface area contributed by atoms with E-state index in [1.807, 2.05) is 34.9 Å². The van der Waals surface area contributed by atoms with E-state index in [2.05, 4.69) is 5.32 Å². The number of hydrogen-bond donors (Lipinski definition) is 1. The fraction of sp³-hybridized carbons (Fsp3) is 0.0435. The maximum absolute atomic E-state index is 13.4. The topological polar surface area (TPSA) is 51.1 Å². The highest BCUT2D eigenvalue weighted by Crippen LogP contribution is 2.21. The third-order valence-electron chi connectivity index (χ3n) is 4.70. The second kappa shape index (κ2) is 8.08. The number of benzene rings is 3. The van der Waals surface area contributed by atoms with Crippen LogP contribution in [0.25, 0.3) is 16.6 Å². The lowest BCUT2D eigenvalue weighted by Gasteiger charge is -2.14. The summed E-state index contributed by atoms with van der Waals surface area (Å²) in [5.41, 5.74) is 1.50. The van der Waals surface area contributed by atoms with Crippen molar-refractivity contribution >= 4 is 28.4 Å². The number of aromatic nitrogens is 1. The van der Waals surface area contributed by atoms with E-state index in [0.717, 1.165) is 17.8 Å². The summed E-state index contributed by atoms with van der Waals surface area (Å²) in [6, 6.07) is 17.2. The number of para-hydroxylation sites is 1. The van der Waals surface area contributed by atoms with Gasteiger partial charge in [0.15, 0.2) is 17.1 Å². The molecule has 0 fully saturated rings. The molecule has 3 aromatic carbocycles. The highest BCUT2D eigenvalue weighted by molar-refractivity contribution is 6.31. The van der Waals surface area contributed by atoms with Crippen LogP contribution < -0.4 is 10.7 Å². The van der Waals surface area contributed by atoms with Crippen LogP contribution in [0.5, 0.6) is 0 Å². The molecule has 0 bridgehead atoms. The maximum atomic E-state index is 13.4. The Morgan fingerprint density at radius 1 is 0.967 bits per heavy atom. The highest BCUT2D eigenvalue weighted by atomic mass is 35.5. The summed E-state index contributed by atoms with van der Waals surface area (Å²) >= 11 is 6.13. The Hall–Kier alpha value is -3.51. The molecule has 0 spiro atoms. The lowest BCUT2D eigenvalue weighted by Crippen LogP contribution is -2.27. The van der Waals surface area contributed by atoms with E-state index in [-0.39, 0.29) is 17.5 Å². The Morgan fingerprint density at radius 2 is 1.73 bits per heavy atom. The number of hydrogen-bond acceptors (Lipinski definition) is 2. The van der Waals surface area contributed by atoms with Gasteiger partial charge in [-0.05, 0) is 48.5 Å². The third-order valence-corrected chi connectivity index (χ3v) is 4.93. The number of rotatable bonds is 4. The van der Waals surface area contributed by atoms with Gasteiger partial charge in [0, 0.05) is 40.0 Å². The number of amides is 1. The van der Waals surface area contributed by atoms with Gasteiger partial charge in [-0.2, -0.15) is 0 Å². The summed E-state index contributed by atoms with van der Waals surface area (Å²) in [6.07, 6.45) is 1.64. The van der Waals surface area contributed by atoms with Crippen molar-refractivity contribution in [2.75, 3.05) is 0 Å². The lowest BCUT2D eigenvalue weighted by atomic mass is 10.1. The molecule has 1 N–H and O–H groups in total. The average Bonchev–Trinajstić information content (AvgIpc) is 2.75. The molecule has 0 aliphatic carbocycles. The van der Waals surface area contributed by atoms with Gasteiger partial charge in [-0.25, -0.2) is 8.78 Å². The van der Waals surface area contributed by atoms with Crippen LogP contribution in [0, 0.1) is 11.6 Å². The Kier molecular flexibility index (Phi) is 5.33. The number of nitrogens with one attached hydrogen (secondary N) is 1. The molecule has 0 unspecified atom stereocenters. The van der Waals surface area contributed by atoms with Crippen LogP contribution in [0.3, 0.4) is 0 Å². The number of halogens is 3. The van der Waals surface area contributed by atoms with Gasteiger partial charge < -0.3 is 9.88 Å². The van der Waals surface area contributed by atoms with Crippen molar-refractivity contribution in [2.24, 2.45) is 0 Å². The summed E-state index contributed by atoms with van der Waals surface area (Å²) in [5.74, 6) is -2.77. The van der Waals surface area contributed by atoms with Gasteiger partial charge in [0.1, 0.15) is 0 Å². The van der Waals surface area contributed by atoms with Crippen LogP contribution >= 0.6 is 11.6 Å². The van der Waals surface area contributed by atoms with Gasteiger partial charge in [0.05, 0.1) is 5.52 Å². The maximum Gasteiger partial charge on any atom is 0.251 e. The largest absolute Gasteiger partial charge is 0.348 e. The molecule has 1 aromatic heterocycles. The predicted octanol–water partition coefficient (Wildman–Crippen LogP) is 4.85. The monoisotopic (exact) mass is 424 g/mol. The molecule has 4 nitrogen and oxygen atoms in total. The van der Waals surface area contributed by atoms with Crippen LogP contribution in [0.1, 0.15) is 15.9 Å². The normalized spacial score (nSPS) is 10.9. The summed E-state index contributed by atoms with van der Waals surface area (Å²) in [5, 5.41) is 3.53. The minimum atomic E-state index is -1.11. The van der Waals surface area contributed by atoms with Crippen LogP contribution in [0.15, 0.2) is 77.7 Å². The molecule has 0 saturated heterocycles. The van der Waals surface area contributed by atoms with Gasteiger partial charge in [0.25, 0.3) is 5.91 Å². The van der Waals surface area contributed by atoms with Crippen LogP contribution in [0.4, 0.5) is 8.78 Å². The predicted molar refractivity (Wildman–Crippen MR) is 112 cm³/mol. The molecular formula is C23H15ClF2N2O2. The summed E-state index contributed by atoms with van der Waals surface area (Å²) in [4.78, 5) is 25.3. The van der Waals surface area contributed by atoms with E-state index < -0.39 is 17.5 Å². The standard InChI is InChI=1S/C23H15ClF2N2O2/c24-16-7-8-18-21(11-16)28(17-4-2-1-3-5-17)13-15(22(18)29)12-27-23(30)14-6-9-19(25)20(26)10-14/h1-11,13H,12H2,(H,27,30). The number of fused-ring (bicyclic) bond motifs is 1. The fourth-order valence-electron chi connectivity index (χ4n) is 3.20. The first kappa shape index (κ1) is 19.8. The zero-order valence-electron chi connectivity index (χ0n) is 15.5. The summed E-state index contributed by atoms with van der Waals surface area (Å²) < 4.78 is 28.3. The molecule has 0 radical (unpaired) electrons. The number of carbonyl (C=O) groups excluding carboxylic acids is 1. The molecule has 150 valence electrons. The average molecular weight is 425 g/mol. The zero-order valence-corrected chi connectivity index (χ0v) is 16.3. The van der Waals surface area contributed by atoms with Crippen molar-refractivity contribution in [3.8, 4) is 5.69 Å². The quantitative estimate of drug-likeness (QED) is 0.509.